The number of nitrogen functional groups attached to an aromatic ring is 2. The third kappa shape index (κ3) is 28.1. The molecule has 0 spiro atoms. The van der Waals surface area contributed by atoms with Crippen LogP contribution in [0.1, 0.15) is 44.9 Å². The quantitative estimate of drug-likeness (QED) is 0.00562. The summed E-state index contributed by atoms with van der Waals surface area (Å²) in [4.78, 5) is 59.8. The third-order valence-corrected chi connectivity index (χ3v) is 17.3. The molecule has 0 amide bonds. The minimum absolute atomic E-state index is 0.00863. The molecule has 590 valence electrons. The fraction of sp³-hybridized carbons (Fsp3) is 0.203. The Balaban J connectivity index is 0.000000251. The lowest BCUT2D eigenvalue weighted by Gasteiger charge is -2.13. The monoisotopic (exact) mass is 1690 g/mol. The van der Waals surface area contributed by atoms with Crippen molar-refractivity contribution in [2.45, 2.75) is 29.3 Å². The van der Waals surface area contributed by atoms with Gasteiger partial charge in [0.2, 0.25) is 0 Å². The summed E-state index contributed by atoms with van der Waals surface area (Å²) in [6.45, 7) is 4.06. The molecule has 11 aromatic rings. The van der Waals surface area contributed by atoms with Gasteiger partial charge in [0, 0.05) is 52.2 Å². The van der Waals surface area contributed by atoms with E-state index in [4.69, 9.17) is 80.5 Å². The Morgan fingerprint density at radius 1 is 0.438 bits per heavy atom. The van der Waals surface area contributed by atoms with Crippen molar-refractivity contribution in [3.05, 3.63) is 215 Å². The molecule has 0 bridgehead atoms. The number of carboxylic acids is 1. The number of nitrogens with zero attached hydrogens (tertiary/aromatic N) is 6. The summed E-state index contributed by atoms with van der Waals surface area (Å²) in [5.41, 5.74) is 21.0. The first kappa shape index (κ1) is 91.7. The van der Waals surface area contributed by atoms with Crippen molar-refractivity contribution in [3.63, 3.8) is 0 Å². The van der Waals surface area contributed by atoms with Gasteiger partial charge in [-0.15, -0.1) is 11.6 Å². The van der Waals surface area contributed by atoms with Crippen LogP contribution < -0.4 is 65.5 Å². The summed E-state index contributed by atoms with van der Waals surface area (Å²) < 4.78 is 52.7. The number of anilines is 6. The second-order valence-electron chi connectivity index (χ2n) is 21.8. The molecule has 11 rings (SSSR count). The number of thioether (sulfide) groups is 3. The van der Waals surface area contributed by atoms with E-state index in [2.05, 4.69) is 68.1 Å². The lowest BCUT2D eigenvalue weighted by molar-refractivity contribution is 0.0516. The van der Waals surface area contributed by atoms with E-state index in [-0.39, 0.29) is 34.3 Å². The Morgan fingerprint density at radius 2 is 0.777 bits per heavy atom. The molecule has 0 saturated carbocycles. The second kappa shape index (κ2) is 48.7. The molecule has 33 heteroatoms. The molecule has 0 aliphatic rings. The van der Waals surface area contributed by atoms with E-state index in [1.54, 1.807) is 68.6 Å². The number of methoxy groups -OCH3 is 8. The number of benzene rings is 8. The van der Waals surface area contributed by atoms with Crippen molar-refractivity contribution in [1.82, 2.24) is 29.9 Å². The molecule has 0 unspecified atom stereocenters. The molecule has 0 radical (unpaired) electrons. The maximum Gasteiger partial charge on any atom is 0.488 e. The van der Waals surface area contributed by atoms with E-state index < -0.39 is 25.0 Å². The first-order chi connectivity index (χ1) is 54.0. The molecule has 3 heterocycles. The number of nitrogens with one attached hydrogen (secondary N) is 2. The van der Waals surface area contributed by atoms with Gasteiger partial charge in [-0.2, -0.15) is 0 Å². The van der Waals surface area contributed by atoms with Crippen LogP contribution in [0.15, 0.2) is 208 Å². The third-order valence-electron chi connectivity index (χ3n) is 14.9. The number of ether oxygens (including phenoxy) is 10. The highest BCUT2D eigenvalue weighted by atomic mass is 79.9. The number of alkyl halides is 1. The van der Waals surface area contributed by atoms with Gasteiger partial charge in [0.1, 0.15) is 33.5 Å². The molecule has 0 aliphatic heterocycles. The predicted molar refractivity (Wildman–Crippen MR) is 451 cm³/mol. The minimum Gasteiger partial charge on any atom is -0.493 e. The van der Waals surface area contributed by atoms with Gasteiger partial charge in [0.15, 0.2) is 61.5 Å². The number of carbonyl (C=O) groups is 3. The summed E-state index contributed by atoms with van der Waals surface area (Å²) in [6, 6.07) is 52.6. The molecule has 9 N–H and O–H groups in total. The lowest BCUT2D eigenvalue weighted by Crippen LogP contribution is -2.29. The zero-order valence-corrected chi connectivity index (χ0v) is 69.3. The Hall–Kier alpha value is -10.9. The number of hydrogen-bond acceptors (Lipinski definition) is 28. The van der Waals surface area contributed by atoms with Crippen molar-refractivity contribution in [1.29, 1.82) is 0 Å². The van der Waals surface area contributed by atoms with Crippen LogP contribution >= 0.6 is 74.4 Å². The Labute approximate surface area is 682 Å². The maximum absolute atomic E-state index is 12.3. The predicted octanol–water partition coefficient (Wildman–Crippen LogP) is 16.4. The largest absolute Gasteiger partial charge is 0.493 e. The second-order valence-corrected chi connectivity index (χ2v) is 25.4. The van der Waals surface area contributed by atoms with Gasteiger partial charge in [0.05, 0.1) is 70.1 Å². The molecular weight excluding hydrogens is 1600 g/mol. The van der Waals surface area contributed by atoms with E-state index in [1.807, 2.05) is 170 Å². The number of hydrogen-bond donors (Lipinski definition) is 7. The zero-order valence-electron chi connectivity index (χ0n) is 63.7. The topological polar surface area (TPSA) is 358 Å². The zero-order chi connectivity index (χ0) is 82.2. The summed E-state index contributed by atoms with van der Waals surface area (Å²) in [7, 11) is 11.2. The molecule has 0 aliphatic carbocycles. The van der Waals surface area contributed by atoms with Crippen LogP contribution in [0.4, 0.5) is 34.4 Å². The van der Waals surface area contributed by atoms with E-state index >= 15 is 0 Å². The van der Waals surface area contributed by atoms with Gasteiger partial charge < -0.3 is 84.6 Å². The van der Waals surface area contributed by atoms with E-state index in [9.17, 15) is 19.5 Å². The Bertz CT molecular complexity index is 4840. The number of rotatable bonds is 24. The average molecular weight is 1690 g/mol. The number of carbonyl (C=O) groups excluding carboxylic acids is 2. The van der Waals surface area contributed by atoms with Crippen LogP contribution in [-0.4, -0.2) is 165 Å². The average Bonchev–Trinajstić information content (AvgIpc) is 0.822. The molecule has 26 nitrogen and oxygen atoms in total. The number of nitrogens with two attached hydrogens (primary N) is 2. The van der Waals surface area contributed by atoms with Crippen LogP contribution in [-0.2, 0) is 9.47 Å². The van der Waals surface area contributed by atoms with Crippen LogP contribution in [0.2, 0.25) is 5.15 Å². The number of aromatic carboxylic acids is 1. The fourth-order valence-corrected chi connectivity index (χ4v) is 11.2. The van der Waals surface area contributed by atoms with E-state index in [0.717, 1.165) is 60.7 Å². The maximum atomic E-state index is 12.3. The summed E-state index contributed by atoms with van der Waals surface area (Å²) >= 11 is 17.8. The van der Waals surface area contributed by atoms with E-state index in [0.29, 0.717) is 79.3 Å². The molecule has 0 saturated heterocycles. The van der Waals surface area contributed by atoms with Crippen molar-refractivity contribution in [2.75, 3.05) is 117 Å². The van der Waals surface area contributed by atoms with Crippen LogP contribution in [0.3, 0.4) is 0 Å². The number of halogens is 3. The number of aromatic nitrogens is 6. The van der Waals surface area contributed by atoms with Crippen LogP contribution in [0, 0.1) is 0 Å². The van der Waals surface area contributed by atoms with Crippen molar-refractivity contribution in [2.24, 2.45) is 0 Å². The van der Waals surface area contributed by atoms with Gasteiger partial charge in [-0.1, -0.05) is 130 Å². The van der Waals surface area contributed by atoms with Gasteiger partial charge in [-0.05, 0) is 175 Å². The molecule has 0 fully saturated rings. The highest BCUT2D eigenvalue weighted by Gasteiger charge is 2.20. The molecule has 112 heavy (non-hydrogen) atoms. The van der Waals surface area contributed by atoms with Gasteiger partial charge in [0.25, 0.3) is 0 Å². The Morgan fingerprint density at radius 3 is 1.13 bits per heavy atom. The first-order valence-corrected chi connectivity index (χ1v) is 38.9. The SMILES string of the molecule is CCOC(=O)c1cnc(SC)nc1Cl.CCOC(=O)c1cnc(SC)nc1Nc1cccc(-c2ccc(OC)c(OC)c2)c1.CCl.COc1ccc(-c2cccc(N)c2)cc1OC.COc1ccc(-c2cccc(Nc3nc(SC)ncc3C(=O)O)c2)cc1OC.COc1ccc(B(O)O)cc1OC.Nc1cccc(Br)c1. The van der Waals surface area contributed by atoms with Crippen molar-refractivity contribution in [3.8, 4) is 79.4 Å². The smallest absolute Gasteiger partial charge is 0.488 e. The van der Waals surface area contributed by atoms with Gasteiger partial charge in [-0.3, -0.25) is 0 Å². The molecular formula is C79H86BBrCl2N10O16S3. The number of carboxylic acid groups (broad SMARTS) is 1. The molecule has 3 aromatic heterocycles. The summed E-state index contributed by atoms with van der Waals surface area (Å²) in [6.07, 6.45) is 11.2. The first-order valence-electron chi connectivity index (χ1n) is 33.3. The summed E-state index contributed by atoms with van der Waals surface area (Å²) in [5.74, 6) is 3.67. The Kier molecular flexibility index (Phi) is 39.9. The minimum atomic E-state index is -1.49. The molecule has 8 aromatic carbocycles. The molecule has 0 atom stereocenters. The van der Waals surface area contributed by atoms with E-state index in [1.165, 1.54) is 80.5 Å². The van der Waals surface area contributed by atoms with Gasteiger partial charge in [-0.25, -0.2) is 44.3 Å². The van der Waals surface area contributed by atoms with Crippen LogP contribution in [0.25, 0.3) is 33.4 Å². The normalized spacial score (nSPS) is 9.96. The van der Waals surface area contributed by atoms with Crippen LogP contribution in [0.5, 0.6) is 46.0 Å². The fourth-order valence-electron chi connectivity index (χ4n) is 9.54. The van der Waals surface area contributed by atoms with Gasteiger partial charge >= 0.3 is 25.0 Å². The standard InChI is InChI=1S/C22H23N3O4S.C20H19N3O4S.C14H15NO2.C8H11BO4.C8H9ClN2O2S.C6H6BrN.CH3Cl/c1-5-29-21(26)17-13-23-22(30-4)25-20(17)24-16-8-6-7-14(11-16)15-9-10-18(27-2)19(12-15)28-3;1-26-16-8-7-13(10-17(16)27-2)12-5-4-6-14(9-12)22-18-15(19(24)25)11-21-20(23-18)28-3;1-16-13-7-6-11(9-14(13)17-2)10-4-3-5-12(15)8-10;1-12-7-4-3-6(9(10)11)5-8(7)13-2;1-3-13-7(12)5-4-10-8(14-2)11-6(5)9;7-5-2-1-3-6(8)4-5;1-2/h6-13H,5H2,1-4H3,(H,23,24,25);4-11H,1-3H3,(H,24,25)(H,21,22,23);3-9H,15H2,1-2H3;3-5,10-11H,1-2H3;4H,3H2,1-2H3;1-4H,8H2;1H3. The number of esters is 2. The lowest BCUT2D eigenvalue weighted by atomic mass is 9.80. The highest BCUT2D eigenvalue weighted by molar-refractivity contribution is 9.10. The highest BCUT2D eigenvalue weighted by Crippen LogP contribution is 2.37. The summed E-state index contributed by atoms with van der Waals surface area (Å²) in [5, 5.41) is 35.1. The van der Waals surface area contributed by atoms with Crippen molar-refractivity contribution >= 4 is 139 Å². The van der Waals surface area contributed by atoms with Crippen molar-refractivity contribution < 1.29 is 76.9 Å².